The molecule has 0 saturated heterocycles. The fourth-order valence-corrected chi connectivity index (χ4v) is 2.79. The lowest BCUT2D eigenvalue weighted by atomic mass is 10.1. The molecule has 6 nitrogen and oxygen atoms in total. The Bertz CT molecular complexity index is 790. The second-order valence-electron chi connectivity index (χ2n) is 6.44. The van der Waals surface area contributed by atoms with Crippen LogP contribution in [-0.4, -0.2) is 32.6 Å². The number of benzene rings is 2. The number of carbonyl (C=O) groups is 2. The smallest absolute Gasteiger partial charge is 0.326 e. The molecule has 0 aliphatic carbocycles. The van der Waals surface area contributed by atoms with Crippen molar-refractivity contribution in [2.75, 3.05) is 26.0 Å². The van der Waals surface area contributed by atoms with Gasteiger partial charge in [-0.2, -0.15) is 0 Å². The van der Waals surface area contributed by atoms with Crippen molar-refractivity contribution in [2.45, 2.75) is 20.4 Å². The van der Waals surface area contributed by atoms with E-state index in [4.69, 9.17) is 4.74 Å². The third-order valence-corrected chi connectivity index (χ3v) is 4.03. The number of quaternary nitrogens is 1. The van der Waals surface area contributed by atoms with Gasteiger partial charge in [0.2, 0.25) is 0 Å². The fourth-order valence-electron chi connectivity index (χ4n) is 2.79. The van der Waals surface area contributed by atoms with Crippen LogP contribution in [0.2, 0.25) is 0 Å². The first-order valence-corrected chi connectivity index (χ1v) is 8.50. The lowest BCUT2D eigenvalue weighted by molar-refractivity contribution is -0.885. The van der Waals surface area contributed by atoms with Crippen LogP contribution in [0.25, 0.3) is 0 Å². The molecule has 3 amide bonds. The lowest BCUT2D eigenvalue weighted by Crippen LogP contribution is -3.09. The molecule has 2 aromatic rings. The summed E-state index contributed by atoms with van der Waals surface area (Å²) in [5, 5.41) is 5.08. The van der Waals surface area contributed by atoms with E-state index < -0.39 is 6.03 Å². The number of hydrogen-bond donors (Lipinski definition) is 3. The maximum Gasteiger partial charge on any atom is 0.326 e. The van der Waals surface area contributed by atoms with E-state index in [-0.39, 0.29) is 12.5 Å². The van der Waals surface area contributed by atoms with Crippen LogP contribution in [0.4, 0.5) is 10.5 Å². The van der Waals surface area contributed by atoms with Crippen LogP contribution in [0.3, 0.4) is 0 Å². The highest BCUT2D eigenvalue weighted by Crippen LogP contribution is 2.16. The highest BCUT2D eigenvalue weighted by molar-refractivity contribution is 6.01. The Hall–Kier alpha value is -2.86. The van der Waals surface area contributed by atoms with Gasteiger partial charge in [0.1, 0.15) is 12.3 Å². The van der Waals surface area contributed by atoms with Crippen molar-refractivity contribution in [1.29, 1.82) is 0 Å². The molecule has 0 radical (unpaired) electrons. The van der Waals surface area contributed by atoms with Crippen LogP contribution in [0.15, 0.2) is 42.5 Å². The average molecular weight is 356 g/mol. The molecule has 2 aromatic carbocycles. The average Bonchev–Trinajstić information content (AvgIpc) is 2.57. The van der Waals surface area contributed by atoms with Crippen LogP contribution >= 0.6 is 0 Å². The van der Waals surface area contributed by atoms with Gasteiger partial charge in [-0.3, -0.25) is 10.1 Å². The number of amides is 3. The SMILES string of the molecule is COc1ccccc1C[NH+](C)CC(=O)NC(=O)Nc1ccc(C)cc1C. The number of likely N-dealkylation sites (N-methyl/N-ethyl adjacent to an activating group) is 1. The third kappa shape index (κ3) is 5.60. The van der Waals surface area contributed by atoms with E-state index in [1.54, 1.807) is 7.11 Å². The Kier molecular flexibility index (Phi) is 6.74. The lowest BCUT2D eigenvalue weighted by Gasteiger charge is -2.15. The minimum absolute atomic E-state index is 0.179. The van der Waals surface area contributed by atoms with E-state index in [0.29, 0.717) is 12.2 Å². The molecule has 1 unspecified atom stereocenters. The molecule has 0 aliphatic rings. The Morgan fingerprint density at radius 1 is 1.12 bits per heavy atom. The molecule has 138 valence electrons. The van der Waals surface area contributed by atoms with Gasteiger partial charge in [-0.25, -0.2) is 4.79 Å². The summed E-state index contributed by atoms with van der Waals surface area (Å²) in [7, 11) is 3.52. The van der Waals surface area contributed by atoms with E-state index in [9.17, 15) is 9.59 Å². The Labute approximate surface area is 154 Å². The molecule has 0 spiro atoms. The standard InChI is InChI=1S/C20H25N3O3/c1-14-9-10-17(15(2)11-14)21-20(25)22-19(24)13-23(3)12-16-7-5-6-8-18(16)26-4/h5-11H,12-13H2,1-4H3,(H2,21,22,24,25)/p+1. The van der Waals surface area contributed by atoms with Gasteiger partial charge < -0.3 is 15.0 Å². The minimum Gasteiger partial charge on any atom is -0.496 e. The molecule has 1 atom stereocenters. The molecular formula is C20H26N3O3+. The topological polar surface area (TPSA) is 71.9 Å². The number of carbonyl (C=O) groups excluding carboxylic acids is 2. The minimum atomic E-state index is -0.521. The molecule has 26 heavy (non-hydrogen) atoms. The molecular weight excluding hydrogens is 330 g/mol. The van der Waals surface area contributed by atoms with Crippen LogP contribution in [-0.2, 0) is 11.3 Å². The van der Waals surface area contributed by atoms with Crippen molar-refractivity contribution in [3.8, 4) is 5.75 Å². The zero-order chi connectivity index (χ0) is 19.1. The number of nitrogens with one attached hydrogen (secondary N) is 3. The summed E-state index contributed by atoms with van der Waals surface area (Å²) < 4.78 is 5.32. The predicted octanol–water partition coefficient (Wildman–Crippen LogP) is 1.68. The number of hydrogen-bond acceptors (Lipinski definition) is 3. The van der Waals surface area contributed by atoms with Gasteiger partial charge >= 0.3 is 6.03 Å². The van der Waals surface area contributed by atoms with Gasteiger partial charge in [-0.1, -0.05) is 29.8 Å². The summed E-state index contributed by atoms with van der Waals surface area (Å²) in [4.78, 5) is 25.1. The normalized spacial score (nSPS) is 11.5. The van der Waals surface area contributed by atoms with E-state index in [1.807, 2.05) is 63.4 Å². The molecule has 0 heterocycles. The first-order chi connectivity index (χ1) is 12.4. The number of methoxy groups -OCH3 is 1. The van der Waals surface area contributed by atoms with Gasteiger partial charge in [0, 0.05) is 11.3 Å². The van der Waals surface area contributed by atoms with Crippen LogP contribution in [0.5, 0.6) is 5.75 Å². The van der Waals surface area contributed by atoms with Crippen molar-refractivity contribution in [3.05, 3.63) is 59.2 Å². The third-order valence-electron chi connectivity index (χ3n) is 4.03. The molecule has 0 fully saturated rings. The predicted molar refractivity (Wildman–Crippen MR) is 102 cm³/mol. The highest BCUT2D eigenvalue weighted by Gasteiger charge is 2.15. The van der Waals surface area contributed by atoms with Crippen LogP contribution in [0.1, 0.15) is 16.7 Å². The first kappa shape index (κ1) is 19.5. The Balaban J connectivity index is 1.86. The van der Waals surface area contributed by atoms with Gasteiger partial charge in [-0.05, 0) is 37.6 Å². The monoisotopic (exact) mass is 356 g/mol. The van der Waals surface area contributed by atoms with Crippen molar-refractivity contribution in [3.63, 3.8) is 0 Å². The summed E-state index contributed by atoms with van der Waals surface area (Å²) in [6.07, 6.45) is 0. The molecule has 0 aliphatic heterocycles. The second kappa shape index (κ2) is 9.01. The van der Waals surface area contributed by atoms with E-state index >= 15 is 0 Å². The molecule has 3 N–H and O–H groups in total. The number of aryl methyl sites for hydroxylation is 2. The number of ether oxygens (including phenoxy) is 1. The van der Waals surface area contributed by atoms with E-state index in [2.05, 4.69) is 10.6 Å². The molecule has 0 saturated carbocycles. The van der Waals surface area contributed by atoms with Crippen molar-refractivity contribution in [1.82, 2.24) is 5.32 Å². The summed E-state index contributed by atoms with van der Waals surface area (Å²) >= 11 is 0. The van der Waals surface area contributed by atoms with Gasteiger partial charge in [0.15, 0.2) is 6.54 Å². The number of anilines is 1. The number of para-hydroxylation sites is 1. The van der Waals surface area contributed by atoms with Crippen molar-refractivity contribution >= 4 is 17.6 Å². The van der Waals surface area contributed by atoms with Crippen LogP contribution < -0.4 is 20.3 Å². The van der Waals surface area contributed by atoms with Gasteiger partial charge in [0.25, 0.3) is 5.91 Å². The zero-order valence-electron chi connectivity index (χ0n) is 15.7. The number of urea groups is 1. The summed E-state index contributed by atoms with van der Waals surface area (Å²) in [5.41, 5.74) is 3.77. The zero-order valence-corrected chi connectivity index (χ0v) is 15.7. The summed E-state index contributed by atoms with van der Waals surface area (Å²) in [5.74, 6) is 0.458. The summed E-state index contributed by atoms with van der Waals surface area (Å²) in [6, 6.07) is 12.9. The second-order valence-corrected chi connectivity index (χ2v) is 6.44. The molecule has 0 bridgehead atoms. The number of imide groups is 1. The maximum absolute atomic E-state index is 12.1. The molecule has 2 rings (SSSR count). The molecule has 6 heteroatoms. The maximum atomic E-state index is 12.1. The van der Waals surface area contributed by atoms with E-state index in [1.165, 1.54) is 0 Å². The van der Waals surface area contributed by atoms with Crippen molar-refractivity contribution < 1.29 is 19.2 Å². The Morgan fingerprint density at radius 3 is 2.54 bits per heavy atom. The van der Waals surface area contributed by atoms with Gasteiger partial charge in [-0.15, -0.1) is 0 Å². The molecule has 0 aromatic heterocycles. The Morgan fingerprint density at radius 2 is 1.85 bits per heavy atom. The fraction of sp³-hybridized carbons (Fsp3) is 0.300. The summed E-state index contributed by atoms with van der Waals surface area (Å²) in [6.45, 7) is 4.70. The van der Waals surface area contributed by atoms with Gasteiger partial charge in [0.05, 0.1) is 14.2 Å². The van der Waals surface area contributed by atoms with Crippen LogP contribution in [0, 0.1) is 13.8 Å². The quantitative estimate of drug-likeness (QED) is 0.737. The first-order valence-electron chi connectivity index (χ1n) is 8.50. The van der Waals surface area contributed by atoms with E-state index in [0.717, 1.165) is 27.3 Å². The highest BCUT2D eigenvalue weighted by atomic mass is 16.5. The van der Waals surface area contributed by atoms with Crippen molar-refractivity contribution in [2.24, 2.45) is 0 Å². The largest absolute Gasteiger partial charge is 0.496 e. The number of rotatable bonds is 6.